The van der Waals surface area contributed by atoms with Crippen LogP contribution in [0.25, 0.3) is 11.1 Å². The third-order valence-corrected chi connectivity index (χ3v) is 6.99. The molecule has 2 aromatic carbocycles. The summed E-state index contributed by atoms with van der Waals surface area (Å²) in [5, 5.41) is 0. The average molecular weight is 405 g/mol. The summed E-state index contributed by atoms with van der Waals surface area (Å²) < 4.78 is 12.0. The number of benzene rings is 2. The summed E-state index contributed by atoms with van der Waals surface area (Å²) in [6.45, 7) is 8.58. The molecule has 0 N–H and O–H groups in total. The van der Waals surface area contributed by atoms with Crippen LogP contribution in [0.15, 0.2) is 48.5 Å². The minimum Gasteiger partial charge on any atom is -0.491 e. The molecule has 0 heterocycles. The second-order valence-corrected chi connectivity index (χ2v) is 9.10. The van der Waals surface area contributed by atoms with Crippen molar-refractivity contribution in [2.75, 3.05) is 0 Å². The molecule has 0 saturated heterocycles. The Bertz CT molecular complexity index is 781. The molecule has 0 unspecified atom stereocenters. The first-order valence-corrected chi connectivity index (χ1v) is 11.9. The topological polar surface area (TPSA) is 18.5 Å². The van der Waals surface area contributed by atoms with Gasteiger partial charge in [-0.1, -0.05) is 38.1 Å². The van der Waals surface area contributed by atoms with Gasteiger partial charge >= 0.3 is 0 Å². The van der Waals surface area contributed by atoms with Gasteiger partial charge in [-0.3, -0.25) is 0 Å². The number of hydrogen-bond acceptors (Lipinski definition) is 2. The maximum Gasteiger partial charge on any atom is 0.119 e. The highest BCUT2D eigenvalue weighted by Gasteiger charge is 2.36. The zero-order valence-electron chi connectivity index (χ0n) is 19.0. The van der Waals surface area contributed by atoms with Crippen LogP contribution in [-0.4, -0.2) is 12.2 Å². The molecule has 2 nitrogen and oxygen atoms in total. The number of hydrogen-bond donors (Lipinski definition) is 0. The molecule has 0 spiro atoms. The Hall–Kier alpha value is -2.22. The zero-order valence-corrected chi connectivity index (χ0v) is 19.0. The first-order chi connectivity index (χ1) is 14.6. The molecule has 3 aliphatic carbocycles. The molecule has 160 valence electrons. The summed E-state index contributed by atoms with van der Waals surface area (Å²) in [5.41, 5.74) is 5.89. The molecule has 0 amide bonds. The Balaban J connectivity index is 1.66. The fourth-order valence-electron chi connectivity index (χ4n) is 4.95. The lowest BCUT2D eigenvalue weighted by atomic mass is 9.64. The van der Waals surface area contributed by atoms with Crippen LogP contribution in [0.4, 0.5) is 0 Å². The molecule has 1 saturated carbocycles. The van der Waals surface area contributed by atoms with Crippen LogP contribution >= 0.6 is 0 Å². The van der Waals surface area contributed by atoms with Gasteiger partial charge in [0.2, 0.25) is 0 Å². The molecule has 2 aromatic rings. The maximum absolute atomic E-state index is 6.00. The Kier molecular flexibility index (Phi) is 6.51. The summed E-state index contributed by atoms with van der Waals surface area (Å²) in [7, 11) is 0. The second-order valence-electron chi connectivity index (χ2n) is 9.10. The summed E-state index contributed by atoms with van der Waals surface area (Å²) >= 11 is 0. The molecule has 2 atom stereocenters. The van der Waals surface area contributed by atoms with Crippen molar-refractivity contribution in [3.8, 4) is 11.5 Å². The molecular formula is C28H36O2. The highest BCUT2D eigenvalue weighted by Crippen LogP contribution is 2.53. The van der Waals surface area contributed by atoms with Gasteiger partial charge in [0.1, 0.15) is 11.5 Å². The lowest BCUT2D eigenvalue weighted by Gasteiger charge is -2.41. The van der Waals surface area contributed by atoms with Crippen LogP contribution in [0.1, 0.15) is 77.3 Å². The molecule has 30 heavy (non-hydrogen) atoms. The molecule has 0 radical (unpaired) electrons. The predicted octanol–water partition coefficient (Wildman–Crippen LogP) is 7.77. The first-order valence-electron chi connectivity index (χ1n) is 11.9. The maximum atomic E-state index is 6.00. The first kappa shape index (κ1) is 21.0. The van der Waals surface area contributed by atoms with Crippen LogP contribution in [0.3, 0.4) is 0 Å². The van der Waals surface area contributed by atoms with Crippen LogP contribution in [-0.2, 0) is 0 Å². The van der Waals surface area contributed by atoms with Gasteiger partial charge in [-0.05, 0) is 111 Å². The van der Waals surface area contributed by atoms with Crippen molar-refractivity contribution in [1.82, 2.24) is 0 Å². The third-order valence-electron chi connectivity index (χ3n) is 6.99. The van der Waals surface area contributed by atoms with E-state index >= 15 is 0 Å². The van der Waals surface area contributed by atoms with Gasteiger partial charge in [0.05, 0.1) is 12.2 Å². The standard InChI is InChI=1S/C28H36O2/c1-5-19(3)29-25-15-11-23(12-16-25)27-21-7-9-22(10-8-21)28(27)24-13-17-26(18-14-24)30-20(4)6-2/h11-22H,5-10H2,1-4H3/t19-,20-,21?,22?/m0/s1. The monoisotopic (exact) mass is 404 g/mol. The van der Waals surface area contributed by atoms with Crippen molar-refractivity contribution in [3.63, 3.8) is 0 Å². The highest BCUT2D eigenvalue weighted by molar-refractivity contribution is 5.94. The molecule has 0 aliphatic heterocycles. The van der Waals surface area contributed by atoms with E-state index in [0.717, 1.165) is 24.3 Å². The summed E-state index contributed by atoms with van der Waals surface area (Å²) in [6, 6.07) is 17.7. The minimum atomic E-state index is 0.257. The molecule has 0 aromatic heterocycles. The molecule has 1 fully saturated rings. The zero-order chi connectivity index (χ0) is 21.1. The van der Waals surface area contributed by atoms with Gasteiger partial charge in [-0.15, -0.1) is 0 Å². The number of fused-ring (bicyclic) bond motifs is 2. The lowest BCUT2D eigenvalue weighted by Crippen LogP contribution is -2.25. The van der Waals surface area contributed by atoms with E-state index < -0.39 is 0 Å². The smallest absolute Gasteiger partial charge is 0.119 e. The third kappa shape index (κ3) is 4.43. The second kappa shape index (κ2) is 9.29. The average Bonchev–Trinajstić information content (AvgIpc) is 2.80. The van der Waals surface area contributed by atoms with E-state index in [1.807, 2.05) is 0 Å². The molecule has 2 bridgehead atoms. The Morgan fingerprint density at radius 2 is 0.967 bits per heavy atom. The van der Waals surface area contributed by atoms with Gasteiger partial charge in [-0.25, -0.2) is 0 Å². The van der Waals surface area contributed by atoms with Crippen molar-refractivity contribution in [2.45, 2.75) is 78.4 Å². The van der Waals surface area contributed by atoms with Crippen molar-refractivity contribution >= 4 is 11.1 Å². The fourth-order valence-corrected chi connectivity index (χ4v) is 4.95. The Morgan fingerprint density at radius 3 is 1.27 bits per heavy atom. The van der Waals surface area contributed by atoms with Crippen LogP contribution in [0, 0.1) is 11.8 Å². The van der Waals surface area contributed by atoms with Crippen molar-refractivity contribution in [1.29, 1.82) is 0 Å². The molecule has 2 heteroatoms. The highest BCUT2D eigenvalue weighted by atomic mass is 16.5. The van der Waals surface area contributed by atoms with Gasteiger partial charge < -0.3 is 9.47 Å². The SMILES string of the molecule is CC[C@H](C)Oc1ccc(C2=C(c3ccc(O[C@@H](C)CC)cc3)C3CCC2CC3)cc1. The summed E-state index contributed by atoms with van der Waals surface area (Å²) in [6.07, 6.45) is 7.86. The Morgan fingerprint density at radius 1 is 0.633 bits per heavy atom. The van der Waals surface area contributed by atoms with E-state index in [1.54, 1.807) is 11.1 Å². The Labute approximate surface area is 182 Å². The van der Waals surface area contributed by atoms with Crippen molar-refractivity contribution in [2.24, 2.45) is 11.8 Å². The predicted molar refractivity (Wildman–Crippen MR) is 126 cm³/mol. The van der Waals surface area contributed by atoms with Crippen LogP contribution in [0.5, 0.6) is 11.5 Å². The van der Waals surface area contributed by atoms with Crippen LogP contribution in [0.2, 0.25) is 0 Å². The minimum absolute atomic E-state index is 0.257. The normalized spacial score (nSPS) is 22.7. The van der Waals surface area contributed by atoms with Crippen molar-refractivity contribution < 1.29 is 9.47 Å². The van der Waals surface area contributed by atoms with E-state index in [4.69, 9.17) is 9.47 Å². The van der Waals surface area contributed by atoms with E-state index in [-0.39, 0.29) is 12.2 Å². The van der Waals surface area contributed by atoms with E-state index in [2.05, 4.69) is 76.2 Å². The molecule has 3 aliphatic rings. The number of allylic oxidation sites excluding steroid dienone is 2. The fraction of sp³-hybridized carbons (Fsp3) is 0.500. The van der Waals surface area contributed by atoms with Gasteiger partial charge in [0.25, 0.3) is 0 Å². The van der Waals surface area contributed by atoms with Crippen LogP contribution < -0.4 is 9.47 Å². The molecule has 5 rings (SSSR count). The largest absolute Gasteiger partial charge is 0.491 e. The van der Waals surface area contributed by atoms with E-state index in [9.17, 15) is 0 Å². The summed E-state index contributed by atoms with van der Waals surface area (Å²) in [5.74, 6) is 3.32. The van der Waals surface area contributed by atoms with Gasteiger partial charge in [-0.2, -0.15) is 0 Å². The summed E-state index contributed by atoms with van der Waals surface area (Å²) in [4.78, 5) is 0. The van der Waals surface area contributed by atoms with Gasteiger partial charge in [0.15, 0.2) is 0 Å². The lowest BCUT2D eigenvalue weighted by molar-refractivity contribution is 0.217. The number of ether oxygens (including phenoxy) is 2. The molecular weight excluding hydrogens is 368 g/mol. The van der Waals surface area contributed by atoms with E-state index in [0.29, 0.717) is 11.8 Å². The quantitative estimate of drug-likeness (QED) is 0.447. The number of rotatable bonds is 8. The van der Waals surface area contributed by atoms with Crippen molar-refractivity contribution in [3.05, 3.63) is 59.7 Å². The van der Waals surface area contributed by atoms with E-state index in [1.165, 1.54) is 36.8 Å². The van der Waals surface area contributed by atoms with Gasteiger partial charge in [0, 0.05) is 0 Å².